The first kappa shape index (κ1) is 20.3. The van der Waals surface area contributed by atoms with Crippen LogP contribution in [0.15, 0.2) is 41.3 Å². The SMILES string of the molecule is CC(C)c1c(C(=O)N2CCN(C(C)C)CC2)cnn1-c1nccc(-c2ccco2)n1. The number of nitrogens with zero attached hydrogens (tertiary/aromatic N) is 6. The second-order valence-electron chi connectivity index (χ2n) is 8.15. The summed E-state index contributed by atoms with van der Waals surface area (Å²) < 4.78 is 7.13. The summed E-state index contributed by atoms with van der Waals surface area (Å²) in [5, 5.41) is 4.49. The second-order valence-corrected chi connectivity index (χ2v) is 8.15. The highest BCUT2D eigenvalue weighted by molar-refractivity contribution is 5.95. The Bertz CT molecular complexity index is 1000. The summed E-state index contributed by atoms with van der Waals surface area (Å²) in [7, 11) is 0. The Morgan fingerprint density at radius 2 is 1.87 bits per heavy atom. The molecule has 0 atom stereocenters. The fourth-order valence-corrected chi connectivity index (χ4v) is 3.86. The molecule has 0 saturated carbocycles. The molecule has 1 fully saturated rings. The summed E-state index contributed by atoms with van der Waals surface area (Å²) in [6.07, 6.45) is 4.94. The van der Waals surface area contributed by atoms with Crippen LogP contribution in [-0.4, -0.2) is 67.7 Å². The van der Waals surface area contributed by atoms with E-state index in [1.54, 1.807) is 29.4 Å². The maximum Gasteiger partial charge on any atom is 0.257 e. The Hall–Kier alpha value is -3.00. The Morgan fingerprint density at radius 1 is 1.10 bits per heavy atom. The molecule has 0 N–H and O–H groups in total. The molecule has 0 unspecified atom stereocenters. The van der Waals surface area contributed by atoms with E-state index in [-0.39, 0.29) is 11.8 Å². The lowest BCUT2D eigenvalue weighted by Crippen LogP contribution is -2.50. The van der Waals surface area contributed by atoms with E-state index >= 15 is 0 Å². The molecule has 158 valence electrons. The van der Waals surface area contributed by atoms with Crippen LogP contribution >= 0.6 is 0 Å². The number of rotatable bonds is 5. The van der Waals surface area contributed by atoms with Crippen molar-refractivity contribution in [1.82, 2.24) is 29.5 Å². The molecule has 0 bridgehead atoms. The lowest BCUT2D eigenvalue weighted by molar-refractivity contribution is 0.0594. The first-order valence-electron chi connectivity index (χ1n) is 10.4. The molecule has 1 saturated heterocycles. The van der Waals surface area contributed by atoms with Crippen molar-refractivity contribution in [2.24, 2.45) is 0 Å². The lowest BCUT2D eigenvalue weighted by Gasteiger charge is -2.37. The number of furan rings is 1. The van der Waals surface area contributed by atoms with Crippen LogP contribution in [0.4, 0.5) is 0 Å². The first-order valence-corrected chi connectivity index (χ1v) is 10.4. The number of aromatic nitrogens is 4. The fraction of sp³-hybridized carbons (Fsp3) is 0.455. The van der Waals surface area contributed by atoms with Gasteiger partial charge in [0.2, 0.25) is 0 Å². The van der Waals surface area contributed by atoms with E-state index in [9.17, 15) is 4.79 Å². The van der Waals surface area contributed by atoms with E-state index in [1.807, 2.05) is 17.0 Å². The number of carbonyl (C=O) groups is 1. The molecule has 30 heavy (non-hydrogen) atoms. The zero-order valence-corrected chi connectivity index (χ0v) is 17.9. The molecule has 8 nitrogen and oxygen atoms in total. The number of piperazine rings is 1. The monoisotopic (exact) mass is 408 g/mol. The maximum absolute atomic E-state index is 13.3. The quantitative estimate of drug-likeness (QED) is 0.645. The summed E-state index contributed by atoms with van der Waals surface area (Å²) in [4.78, 5) is 26.6. The zero-order chi connectivity index (χ0) is 21.3. The normalized spacial score (nSPS) is 15.3. The molecule has 4 heterocycles. The smallest absolute Gasteiger partial charge is 0.257 e. The summed E-state index contributed by atoms with van der Waals surface area (Å²) >= 11 is 0. The van der Waals surface area contributed by atoms with Gasteiger partial charge in [0.15, 0.2) is 5.76 Å². The van der Waals surface area contributed by atoms with Gasteiger partial charge in [-0.05, 0) is 38.0 Å². The van der Waals surface area contributed by atoms with Gasteiger partial charge in [0.1, 0.15) is 5.69 Å². The average Bonchev–Trinajstić information content (AvgIpc) is 3.43. The van der Waals surface area contributed by atoms with Crippen LogP contribution in [0.1, 0.15) is 49.7 Å². The number of hydrogen-bond acceptors (Lipinski definition) is 6. The van der Waals surface area contributed by atoms with Crippen LogP contribution in [0.5, 0.6) is 0 Å². The molecular formula is C22H28N6O2. The van der Waals surface area contributed by atoms with Gasteiger partial charge in [0.05, 0.1) is 23.7 Å². The van der Waals surface area contributed by atoms with Crippen LogP contribution in [0.2, 0.25) is 0 Å². The molecule has 8 heteroatoms. The van der Waals surface area contributed by atoms with Gasteiger partial charge in [0, 0.05) is 38.4 Å². The number of carbonyl (C=O) groups excluding carboxylic acids is 1. The van der Waals surface area contributed by atoms with Crippen molar-refractivity contribution in [3.05, 3.63) is 48.1 Å². The van der Waals surface area contributed by atoms with Gasteiger partial charge in [0.25, 0.3) is 11.9 Å². The molecule has 1 amide bonds. The molecular weight excluding hydrogens is 380 g/mol. The van der Waals surface area contributed by atoms with Crippen molar-refractivity contribution >= 4 is 5.91 Å². The lowest BCUT2D eigenvalue weighted by atomic mass is 10.0. The second kappa shape index (κ2) is 8.39. The van der Waals surface area contributed by atoms with E-state index in [1.165, 1.54) is 0 Å². The van der Waals surface area contributed by atoms with E-state index in [0.29, 0.717) is 29.0 Å². The molecule has 0 spiro atoms. The van der Waals surface area contributed by atoms with Gasteiger partial charge in [-0.2, -0.15) is 5.10 Å². The minimum atomic E-state index is 0.0237. The third-order valence-electron chi connectivity index (χ3n) is 5.52. The number of hydrogen-bond donors (Lipinski definition) is 0. The zero-order valence-electron chi connectivity index (χ0n) is 17.9. The minimum absolute atomic E-state index is 0.0237. The van der Waals surface area contributed by atoms with Crippen molar-refractivity contribution in [2.45, 2.75) is 39.7 Å². The Kier molecular flexibility index (Phi) is 5.67. The van der Waals surface area contributed by atoms with E-state index < -0.39 is 0 Å². The van der Waals surface area contributed by atoms with Crippen molar-refractivity contribution in [3.8, 4) is 17.4 Å². The molecule has 0 aromatic carbocycles. The van der Waals surface area contributed by atoms with Gasteiger partial charge in [-0.3, -0.25) is 9.69 Å². The predicted molar refractivity (Wildman–Crippen MR) is 114 cm³/mol. The van der Waals surface area contributed by atoms with E-state index in [2.05, 4.69) is 47.7 Å². The van der Waals surface area contributed by atoms with Crippen molar-refractivity contribution in [1.29, 1.82) is 0 Å². The highest BCUT2D eigenvalue weighted by atomic mass is 16.3. The predicted octanol–water partition coefficient (Wildman–Crippen LogP) is 3.21. The highest BCUT2D eigenvalue weighted by Gasteiger charge is 2.28. The Balaban J connectivity index is 1.63. The van der Waals surface area contributed by atoms with Crippen molar-refractivity contribution in [3.63, 3.8) is 0 Å². The molecule has 0 aliphatic carbocycles. The number of amides is 1. The molecule has 1 aliphatic heterocycles. The van der Waals surface area contributed by atoms with Gasteiger partial charge in [-0.1, -0.05) is 13.8 Å². The van der Waals surface area contributed by atoms with Gasteiger partial charge >= 0.3 is 0 Å². The molecule has 1 aliphatic rings. The summed E-state index contributed by atoms with van der Waals surface area (Å²) in [5.41, 5.74) is 2.12. The van der Waals surface area contributed by atoms with E-state index in [4.69, 9.17) is 4.42 Å². The highest BCUT2D eigenvalue weighted by Crippen LogP contribution is 2.25. The summed E-state index contributed by atoms with van der Waals surface area (Å²) in [6, 6.07) is 5.96. The summed E-state index contributed by atoms with van der Waals surface area (Å²) in [5.74, 6) is 1.20. The first-order chi connectivity index (χ1) is 14.5. The van der Waals surface area contributed by atoms with Crippen molar-refractivity contribution < 1.29 is 9.21 Å². The molecule has 3 aromatic rings. The van der Waals surface area contributed by atoms with E-state index in [0.717, 1.165) is 31.9 Å². The van der Waals surface area contributed by atoms with Crippen LogP contribution < -0.4 is 0 Å². The fourth-order valence-electron chi connectivity index (χ4n) is 3.86. The largest absolute Gasteiger partial charge is 0.463 e. The van der Waals surface area contributed by atoms with Gasteiger partial charge in [-0.15, -0.1) is 0 Å². The standard InChI is InChI=1S/C22H28N6O2/c1-15(2)20-17(21(29)27-11-9-26(10-12-27)16(3)4)14-24-28(20)22-23-8-7-18(25-22)19-6-5-13-30-19/h5-8,13-16H,9-12H2,1-4H3. The molecule has 0 radical (unpaired) electrons. The van der Waals surface area contributed by atoms with Crippen LogP contribution in [0.3, 0.4) is 0 Å². The molecule has 4 rings (SSSR count). The van der Waals surface area contributed by atoms with Crippen molar-refractivity contribution in [2.75, 3.05) is 26.2 Å². The summed E-state index contributed by atoms with van der Waals surface area (Å²) in [6.45, 7) is 11.7. The molecule has 3 aromatic heterocycles. The maximum atomic E-state index is 13.3. The van der Waals surface area contributed by atoms with Crippen LogP contribution in [0, 0.1) is 0 Å². The Labute approximate surface area is 176 Å². The average molecular weight is 409 g/mol. The third kappa shape index (κ3) is 3.87. The van der Waals surface area contributed by atoms with Crippen LogP contribution in [-0.2, 0) is 0 Å². The van der Waals surface area contributed by atoms with Gasteiger partial charge in [-0.25, -0.2) is 14.6 Å². The Morgan fingerprint density at radius 3 is 2.50 bits per heavy atom. The minimum Gasteiger partial charge on any atom is -0.463 e. The third-order valence-corrected chi connectivity index (χ3v) is 5.52. The van der Waals surface area contributed by atoms with Crippen LogP contribution in [0.25, 0.3) is 17.4 Å². The topological polar surface area (TPSA) is 80.3 Å². The van der Waals surface area contributed by atoms with Gasteiger partial charge < -0.3 is 9.32 Å².